The molecule has 0 aromatic rings. The van der Waals surface area contributed by atoms with E-state index in [1.54, 1.807) is 0 Å². The fraction of sp³-hybridized carbons (Fsp3) is 0.833. The lowest BCUT2D eigenvalue weighted by Gasteiger charge is -2.36. The Morgan fingerprint density at radius 2 is 1.96 bits per heavy atom. The molecule has 23 heavy (non-hydrogen) atoms. The molecule has 1 amide bonds. The van der Waals surface area contributed by atoms with Crippen LogP contribution < -0.4 is 0 Å². The Morgan fingerprint density at radius 1 is 1.26 bits per heavy atom. The normalized spacial score (nSPS) is 21.8. The standard InChI is InChI=1S/C18H33N3O2/c1-3-9-21(17-7-5-4-6-8-17)18(23)15-20-12-10-19(11-13-20)14-16(2)22/h7,16,22H,3-6,8-15H2,1-2H3/t16-/m0/s1. The fourth-order valence-corrected chi connectivity index (χ4v) is 3.50. The zero-order valence-electron chi connectivity index (χ0n) is 14.8. The summed E-state index contributed by atoms with van der Waals surface area (Å²) in [7, 11) is 0. The van der Waals surface area contributed by atoms with Crippen LogP contribution >= 0.6 is 0 Å². The maximum absolute atomic E-state index is 12.7. The maximum Gasteiger partial charge on any atom is 0.240 e. The van der Waals surface area contributed by atoms with E-state index in [1.165, 1.54) is 18.5 Å². The molecule has 0 saturated carbocycles. The highest BCUT2D eigenvalue weighted by molar-refractivity contribution is 5.80. The molecule has 1 aliphatic carbocycles. The lowest BCUT2D eigenvalue weighted by molar-refractivity contribution is -0.131. The number of aliphatic hydroxyl groups is 1. The summed E-state index contributed by atoms with van der Waals surface area (Å²) in [5.74, 6) is 0.254. The monoisotopic (exact) mass is 323 g/mol. The van der Waals surface area contributed by atoms with E-state index in [-0.39, 0.29) is 12.0 Å². The fourth-order valence-electron chi connectivity index (χ4n) is 3.50. The Labute approximate surface area is 140 Å². The highest BCUT2D eigenvalue weighted by atomic mass is 16.3. The van der Waals surface area contributed by atoms with Crippen LogP contribution in [0.25, 0.3) is 0 Å². The zero-order chi connectivity index (χ0) is 16.7. The molecular weight excluding hydrogens is 290 g/mol. The Morgan fingerprint density at radius 3 is 2.52 bits per heavy atom. The van der Waals surface area contributed by atoms with E-state index >= 15 is 0 Å². The summed E-state index contributed by atoms with van der Waals surface area (Å²) < 4.78 is 0. The second kappa shape index (κ2) is 9.40. The van der Waals surface area contributed by atoms with Crippen molar-refractivity contribution in [3.63, 3.8) is 0 Å². The van der Waals surface area contributed by atoms with Crippen molar-refractivity contribution >= 4 is 5.91 Å². The summed E-state index contributed by atoms with van der Waals surface area (Å²) in [6.07, 6.45) is 7.61. The van der Waals surface area contributed by atoms with E-state index in [9.17, 15) is 9.90 Å². The first-order valence-electron chi connectivity index (χ1n) is 9.22. The van der Waals surface area contributed by atoms with Crippen LogP contribution in [0.4, 0.5) is 0 Å². The van der Waals surface area contributed by atoms with Crippen LogP contribution in [0.5, 0.6) is 0 Å². The van der Waals surface area contributed by atoms with Crippen molar-refractivity contribution in [1.29, 1.82) is 0 Å². The van der Waals surface area contributed by atoms with Gasteiger partial charge in [-0.3, -0.25) is 14.6 Å². The van der Waals surface area contributed by atoms with Gasteiger partial charge in [0.05, 0.1) is 12.6 Å². The molecule has 1 fully saturated rings. The third-order valence-corrected chi connectivity index (χ3v) is 4.71. The highest BCUT2D eigenvalue weighted by Gasteiger charge is 2.24. The minimum atomic E-state index is -0.276. The third-order valence-electron chi connectivity index (χ3n) is 4.71. The third kappa shape index (κ3) is 5.90. The van der Waals surface area contributed by atoms with E-state index in [2.05, 4.69) is 22.8 Å². The number of hydrogen-bond acceptors (Lipinski definition) is 4. The molecule has 1 heterocycles. The molecule has 5 nitrogen and oxygen atoms in total. The second-order valence-electron chi connectivity index (χ2n) is 6.91. The SMILES string of the molecule is CCCN(C(=O)CN1CCN(C[C@H](C)O)CC1)C1=CCCCC1. The highest BCUT2D eigenvalue weighted by Crippen LogP contribution is 2.21. The molecule has 2 aliphatic rings. The van der Waals surface area contributed by atoms with Crippen LogP contribution in [0.2, 0.25) is 0 Å². The number of aliphatic hydroxyl groups excluding tert-OH is 1. The largest absolute Gasteiger partial charge is 0.392 e. The number of piperazine rings is 1. The van der Waals surface area contributed by atoms with Gasteiger partial charge in [-0.05, 0) is 39.0 Å². The lowest BCUT2D eigenvalue weighted by atomic mass is 10.0. The van der Waals surface area contributed by atoms with Crippen LogP contribution in [-0.2, 0) is 4.79 Å². The minimum Gasteiger partial charge on any atom is -0.392 e. The quantitative estimate of drug-likeness (QED) is 0.774. The summed E-state index contributed by atoms with van der Waals surface area (Å²) in [6, 6.07) is 0. The van der Waals surface area contributed by atoms with Gasteiger partial charge < -0.3 is 10.0 Å². The maximum atomic E-state index is 12.7. The molecule has 1 atom stereocenters. The molecule has 0 unspecified atom stereocenters. The molecule has 5 heteroatoms. The smallest absolute Gasteiger partial charge is 0.240 e. The molecule has 1 saturated heterocycles. The second-order valence-corrected chi connectivity index (χ2v) is 6.91. The van der Waals surface area contributed by atoms with Crippen molar-refractivity contribution in [2.24, 2.45) is 0 Å². The number of nitrogens with zero attached hydrogens (tertiary/aromatic N) is 3. The number of carbonyl (C=O) groups excluding carboxylic acids is 1. The summed E-state index contributed by atoms with van der Waals surface area (Å²) in [5, 5.41) is 9.47. The summed E-state index contributed by atoms with van der Waals surface area (Å²) in [4.78, 5) is 19.3. The van der Waals surface area contributed by atoms with Crippen molar-refractivity contribution < 1.29 is 9.90 Å². The van der Waals surface area contributed by atoms with Gasteiger partial charge in [-0.1, -0.05) is 13.0 Å². The summed E-state index contributed by atoms with van der Waals surface area (Å²) in [6.45, 7) is 9.77. The van der Waals surface area contributed by atoms with Crippen molar-refractivity contribution in [2.75, 3.05) is 45.8 Å². The van der Waals surface area contributed by atoms with Gasteiger partial charge in [0.2, 0.25) is 5.91 Å². The van der Waals surface area contributed by atoms with E-state index in [4.69, 9.17) is 0 Å². The van der Waals surface area contributed by atoms with Gasteiger partial charge in [-0.2, -0.15) is 0 Å². The summed E-state index contributed by atoms with van der Waals surface area (Å²) in [5.41, 5.74) is 1.25. The van der Waals surface area contributed by atoms with Crippen LogP contribution in [0.3, 0.4) is 0 Å². The first-order valence-corrected chi connectivity index (χ1v) is 9.22. The first kappa shape index (κ1) is 18.4. The van der Waals surface area contributed by atoms with E-state index in [1.807, 2.05) is 11.8 Å². The average Bonchev–Trinajstić information content (AvgIpc) is 2.54. The molecule has 132 valence electrons. The molecule has 0 aromatic carbocycles. The molecule has 0 radical (unpaired) electrons. The topological polar surface area (TPSA) is 47.0 Å². The van der Waals surface area contributed by atoms with Gasteiger partial charge in [0.1, 0.15) is 0 Å². The average molecular weight is 323 g/mol. The molecule has 1 N–H and O–H groups in total. The Kier molecular flexibility index (Phi) is 7.53. The molecular formula is C18H33N3O2. The molecule has 0 bridgehead atoms. The zero-order valence-corrected chi connectivity index (χ0v) is 14.8. The predicted octanol–water partition coefficient (Wildman–Crippen LogP) is 1.68. The number of allylic oxidation sites excluding steroid dienone is 2. The van der Waals surface area contributed by atoms with Crippen molar-refractivity contribution in [1.82, 2.24) is 14.7 Å². The Hall–Kier alpha value is -0.910. The van der Waals surface area contributed by atoms with Gasteiger partial charge >= 0.3 is 0 Å². The predicted molar refractivity (Wildman–Crippen MR) is 93.1 cm³/mol. The van der Waals surface area contributed by atoms with Crippen molar-refractivity contribution in [2.45, 2.75) is 52.1 Å². The number of amides is 1. The first-order chi connectivity index (χ1) is 11.1. The van der Waals surface area contributed by atoms with Crippen LogP contribution in [-0.4, -0.2) is 77.6 Å². The van der Waals surface area contributed by atoms with Crippen LogP contribution in [0, 0.1) is 0 Å². The van der Waals surface area contributed by atoms with Gasteiger partial charge in [-0.25, -0.2) is 0 Å². The van der Waals surface area contributed by atoms with E-state index in [0.717, 1.165) is 58.5 Å². The van der Waals surface area contributed by atoms with E-state index in [0.29, 0.717) is 6.54 Å². The van der Waals surface area contributed by atoms with Crippen LogP contribution in [0.1, 0.15) is 46.0 Å². The number of rotatable bonds is 7. The summed E-state index contributed by atoms with van der Waals surface area (Å²) >= 11 is 0. The molecule has 1 aliphatic heterocycles. The molecule has 0 aromatic heterocycles. The Balaban J connectivity index is 1.83. The number of hydrogen-bond donors (Lipinski definition) is 1. The number of β-amino-alcohol motifs (C(OH)–C–C–N with tert-alkyl or cyclic N) is 1. The van der Waals surface area contributed by atoms with Gasteiger partial charge in [-0.15, -0.1) is 0 Å². The lowest BCUT2D eigenvalue weighted by Crippen LogP contribution is -2.51. The van der Waals surface area contributed by atoms with Crippen molar-refractivity contribution in [3.05, 3.63) is 11.8 Å². The minimum absolute atomic E-state index is 0.254. The number of carbonyl (C=O) groups is 1. The Bertz CT molecular complexity index is 401. The van der Waals surface area contributed by atoms with Gasteiger partial charge in [0, 0.05) is 45.0 Å². The van der Waals surface area contributed by atoms with Crippen LogP contribution in [0.15, 0.2) is 11.8 Å². The van der Waals surface area contributed by atoms with Crippen molar-refractivity contribution in [3.8, 4) is 0 Å². The van der Waals surface area contributed by atoms with Gasteiger partial charge in [0.15, 0.2) is 0 Å². The molecule has 2 rings (SSSR count). The van der Waals surface area contributed by atoms with Gasteiger partial charge in [0.25, 0.3) is 0 Å². The molecule has 0 spiro atoms. The van der Waals surface area contributed by atoms with E-state index < -0.39 is 0 Å².